The van der Waals surface area contributed by atoms with Crippen LogP contribution in [0.2, 0.25) is 0 Å². The molecule has 1 aromatic carbocycles. The van der Waals surface area contributed by atoms with Gasteiger partial charge in [0.05, 0.1) is 13.6 Å². The van der Waals surface area contributed by atoms with E-state index in [1.807, 2.05) is 51.2 Å². The molecule has 1 heterocycles. The van der Waals surface area contributed by atoms with Crippen LogP contribution in [0.5, 0.6) is 0 Å². The average molecular weight is 409 g/mol. The maximum Gasteiger partial charge on any atom is 0.275 e. The molecular formula is C18H23BrN3O3+. The average Bonchev–Trinajstić information content (AvgIpc) is 2.93. The number of nitrogens with one attached hydrogen (secondary N) is 3. The molecule has 2 amide bonds. The Hall–Kier alpha value is -2.12. The van der Waals surface area contributed by atoms with E-state index in [0.29, 0.717) is 6.54 Å². The van der Waals surface area contributed by atoms with E-state index in [1.54, 1.807) is 0 Å². The van der Waals surface area contributed by atoms with Crippen LogP contribution in [0, 0.1) is 13.8 Å². The minimum atomic E-state index is -0.252. The number of aryl methyl sites for hydroxylation is 2. The van der Waals surface area contributed by atoms with Crippen molar-refractivity contribution in [3.63, 3.8) is 0 Å². The summed E-state index contributed by atoms with van der Waals surface area (Å²) in [7, 11) is 1.91. The Morgan fingerprint density at radius 2 is 1.92 bits per heavy atom. The molecule has 0 aliphatic carbocycles. The van der Waals surface area contributed by atoms with Crippen LogP contribution < -0.4 is 15.5 Å². The van der Waals surface area contributed by atoms with Crippen LogP contribution in [0.25, 0.3) is 0 Å². The summed E-state index contributed by atoms with van der Waals surface area (Å²) >= 11 is 3.38. The highest BCUT2D eigenvalue weighted by atomic mass is 79.9. The van der Waals surface area contributed by atoms with Crippen molar-refractivity contribution < 1.29 is 18.9 Å². The van der Waals surface area contributed by atoms with Gasteiger partial charge in [0.15, 0.2) is 12.3 Å². The topological polar surface area (TPSA) is 75.8 Å². The lowest BCUT2D eigenvalue weighted by Crippen LogP contribution is -3.08. The van der Waals surface area contributed by atoms with E-state index in [-0.39, 0.29) is 24.9 Å². The van der Waals surface area contributed by atoms with E-state index in [4.69, 9.17) is 4.42 Å². The summed E-state index contributed by atoms with van der Waals surface area (Å²) in [6.45, 7) is 4.63. The summed E-state index contributed by atoms with van der Waals surface area (Å²) in [4.78, 5) is 24.9. The van der Waals surface area contributed by atoms with E-state index < -0.39 is 0 Å². The van der Waals surface area contributed by atoms with Crippen LogP contribution in [-0.4, -0.2) is 32.0 Å². The molecule has 2 rings (SSSR count). The van der Waals surface area contributed by atoms with E-state index in [9.17, 15) is 9.59 Å². The van der Waals surface area contributed by atoms with Gasteiger partial charge in [0, 0.05) is 10.2 Å². The van der Waals surface area contributed by atoms with E-state index in [0.717, 1.165) is 32.1 Å². The first-order chi connectivity index (χ1) is 11.8. The zero-order valence-electron chi connectivity index (χ0n) is 14.6. The van der Waals surface area contributed by atoms with Crippen molar-refractivity contribution in [1.82, 2.24) is 5.32 Å². The minimum absolute atomic E-state index is 0.0541. The molecule has 25 heavy (non-hydrogen) atoms. The lowest BCUT2D eigenvalue weighted by molar-refractivity contribution is -0.886. The number of carbonyl (C=O) groups excluding carboxylic acids is 2. The van der Waals surface area contributed by atoms with Crippen LogP contribution in [0.15, 0.2) is 39.2 Å². The van der Waals surface area contributed by atoms with Crippen LogP contribution >= 0.6 is 15.9 Å². The van der Waals surface area contributed by atoms with E-state index in [1.165, 1.54) is 0 Å². The third kappa shape index (κ3) is 6.36. The fourth-order valence-electron chi connectivity index (χ4n) is 2.42. The first-order valence-corrected chi connectivity index (χ1v) is 8.82. The number of carbonyl (C=O) groups is 2. The second-order valence-corrected chi connectivity index (χ2v) is 7.02. The van der Waals surface area contributed by atoms with E-state index in [2.05, 4.69) is 26.6 Å². The number of halogens is 1. The van der Waals surface area contributed by atoms with Gasteiger partial charge >= 0.3 is 0 Å². The Kier molecular flexibility index (Phi) is 6.78. The van der Waals surface area contributed by atoms with Gasteiger partial charge in [-0.25, -0.2) is 0 Å². The number of amides is 2. The number of benzene rings is 1. The predicted molar refractivity (Wildman–Crippen MR) is 99.4 cm³/mol. The number of hydrogen-bond acceptors (Lipinski definition) is 3. The van der Waals surface area contributed by atoms with Crippen LogP contribution in [0.1, 0.15) is 17.1 Å². The quantitative estimate of drug-likeness (QED) is 0.648. The summed E-state index contributed by atoms with van der Waals surface area (Å²) in [5.41, 5.74) is 1.69. The highest BCUT2D eigenvalue weighted by molar-refractivity contribution is 9.10. The van der Waals surface area contributed by atoms with Gasteiger partial charge in [0.25, 0.3) is 5.91 Å². The van der Waals surface area contributed by atoms with Gasteiger partial charge in [-0.2, -0.15) is 0 Å². The molecule has 134 valence electrons. The normalized spacial score (nSPS) is 11.8. The van der Waals surface area contributed by atoms with Gasteiger partial charge in [-0.3, -0.25) is 9.59 Å². The molecular weight excluding hydrogens is 386 g/mol. The number of quaternary nitrogens is 1. The highest BCUT2D eigenvalue weighted by Crippen LogP contribution is 2.19. The molecule has 7 heteroatoms. The smallest absolute Gasteiger partial charge is 0.275 e. The fourth-order valence-corrected chi connectivity index (χ4v) is 2.89. The molecule has 0 spiro atoms. The number of furan rings is 1. The molecule has 6 nitrogen and oxygen atoms in total. The molecule has 3 N–H and O–H groups in total. The molecule has 0 radical (unpaired) electrons. The summed E-state index contributed by atoms with van der Waals surface area (Å²) in [5, 5.41) is 5.44. The van der Waals surface area contributed by atoms with Gasteiger partial charge in [-0.1, -0.05) is 15.9 Å². The first kappa shape index (κ1) is 19.2. The third-order valence-corrected chi connectivity index (χ3v) is 4.14. The minimum Gasteiger partial charge on any atom is -0.460 e. The van der Waals surface area contributed by atoms with Gasteiger partial charge in [0.1, 0.15) is 12.3 Å². The molecule has 2 aromatic rings. The SMILES string of the molecule is Cc1ccc(C[NH+](C)CC(=O)NCC(=O)Nc2ccc(Br)cc2C)o1. The Bertz CT molecular complexity index is 758. The molecule has 1 atom stereocenters. The molecule has 0 aliphatic rings. The van der Waals surface area contributed by atoms with Gasteiger partial charge in [0.2, 0.25) is 5.91 Å². The Labute approximate surface area is 155 Å². The molecule has 1 unspecified atom stereocenters. The Balaban J connectivity index is 1.74. The Morgan fingerprint density at radius 3 is 2.56 bits per heavy atom. The molecule has 0 bridgehead atoms. The lowest BCUT2D eigenvalue weighted by Gasteiger charge is -2.13. The zero-order valence-corrected chi connectivity index (χ0v) is 16.2. The monoisotopic (exact) mass is 408 g/mol. The summed E-state index contributed by atoms with van der Waals surface area (Å²) < 4.78 is 6.45. The van der Waals surface area contributed by atoms with E-state index >= 15 is 0 Å². The Morgan fingerprint density at radius 1 is 1.16 bits per heavy atom. The second kappa shape index (κ2) is 8.82. The summed E-state index contributed by atoms with van der Waals surface area (Å²) in [6, 6.07) is 9.41. The second-order valence-electron chi connectivity index (χ2n) is 6.11. The largest absolute Gasteiger partial charge is 0.460 e. The van der Waals surface area contributed by atoms with Crippen molar-refractivity contribution >= 4 is 33.4 Å². The molecule has 0 aliphatic heterocycles. The molecule has 0 fully saturated rings. The number of likely N-dealkylation sites (N-methyl/N-ethyl adjacent to an activating group) is 1. The first-order valence-electron chi connectivity index (χ1n) is 8.03. The van der Waals surface area contributed by atoms with Crippen molar-refractivity contribution in [3.8, 4) is 0 Å². The van der Waals surface area contributed by atoms with Crippen LogP contribution in [0.3, 0.4) is 0 Å². The van der Waals surface area contributed by atoms with Gasteiger partial charge < -0.3 is 20.0 Å². The molecule has 1 aromatic heterocycles. The zero-order chi connectivity index (χ0) is 18.4. The maximum atomic E-state index is 12.0. The van der Waals surface area contributed by atoms with Crippen molar-refractivity contribution in [3.05, 3.63) is 51.9 Å². The van der Waals surface area contributed by atoms with Crippen molar-refractivity contribution in [2.24, 2.45) is 0 Å². The van der Waals surface area contributed by atoms with Crippen molar-refractivity contribution in [2.45, 2.75) is 20.4 Å². The van der Waals surface area contributed by atoms with Crippen LogP contribution in [-0.2, 0) is 16.1 Å². The third-order valence-electron chi connectivity index (χ3n) is 3.64. The number of rotatable bonds is 7. The number of hydrogen-bond donors (Lipinski definition) is 3. The number of anilines is 1. The summed E-state index contributed by atoms with van der Waals surface area (Å²) in [6.07, 6.45) is 0. The van der Waals surface area contributed by atoms with Crippen LogP contribution in [0.4, 0.5) is 5.69 Å². The van der Waals surface area contributed by atoms with Gasteiger partial charge in [-0.15, -0.1) is 0 Å². The fraction of sp³-hybridized carbons (Fsp3) is 0.333. The van der Waals surface area contributed by atoms with Crippen molar-refractivity contribution in [2.75, 3.05) is 25.5 Å². The molecule has 0 saturated heterocycles. The standard InChI is InChI=1S/C18H22BrN3O3/c1-12-8-14(19)5-7-16(12)21-17(23)9-20-18(24)11-22(3)10-15-6-4-13(2)25-15/h4-8H,9-11H2,1-3H3,(H,20,24)(H,21,23)/p+1. The predicted octanol–water partition coefficient (Wildman–Crippen LogP) is 1.43. The highest BCUT2D eigenvalue weighted by Gasteiger charge is 2.13. The summed E-state index contributed by atoms with van der Waals surface area (Å²) in [5.74, 6) is 1.26. The maximum absolute atomic E-state index is 12.0. The lowest BCUT2D eigenvalue weighted by atomic mass is 10.2. The van der Waals surface area contributed by atoms with Gasteiger partial charge in [-0.05, 0) is 49.7 Å². The van der Waals surface area contributed by atoms with Crippen molar-refractivity contribution in [1.29, 1.82) is 0 Å². The molecule has 0 saturated carbocycles.